The zero-order valence-electron chi connectivity index (χ0n) is 15.1. The average Bonchev–Trinajstić information content (AvgIpc) is 3.05. The number of benzene rings is 1. The van der Waals surface area contributed by atoms with E-state index in [0.29, 0.717) is 12.5 Å². The largest absolute Gasteiger partial charge is 0.454 e. The zero-order valence-corrected chi connectivity index (χ0v) is 17.4. The molecule has 0 aliphatic carbocycles. The third kappa shape index (κ3) is 7.27. The molecule has 0 bridgehead atoms. The minimum absolute atomic E-state index is 0. The molecular formula is C18H30IN3O3. The molecule has 1 aromatic carbocycles. The number of ether oxygens (including phenoxy) is 2. The first kappa shape index (κ1) is 21.8. The van der Waals surface area contributed by atoms with Crippen molar-refractivity contribution in [1.29, 1.82) is 0 Å². The van der Waals surface area contributed by atoms with Gasteiger partial charge in [0.2, 0.25) is 6.79 Å². The number of fused-ring (bicyclic) bond motifs is 1. The van der Waals surface area contributed by atoms with Gasteiger partial charge in [-0.3, -0.25) is 0 Å². The van der Waals surface area contributed by atoms with Crippen LogP contribution in [0.1, 0.15) is 38.7 Å². The third-order valence-corrected chi connectivity index (χ3v) is 3.99. The molecule has 3 N–H and O–H groups in total. The van der Waals surface area contributed by atoms with E-state index in [9.17, 15) is 0 Å². The molecule has 1 atom stereocenters. The summed E-state index contributed by atoms with van der Waals surface area (Å²) >= 11 is 0. The van der Waals surface area contributed by atoms with Crippen LogP contribution in [0.5, 0.6) is 11.5 Å². The molecule has 0 aromatic heterocycles. The van der Waals surface area contributed by atoms with E-state index in [0.717, 1.165) is 55.4 Å². The lowest BCUT2D eigenvalue weighted by atomic mass is 10.0. The lowest BCUT2D eigenvalue weighted by Crippen LogP contribution is -2.40. The molecule has 0 spiro atoms. The molecule has 1 heterocycles. The molecule has 0 saturated carbocycles. The Bertz CT molecular complexity index is 534. The first-order valence-electron chi connectivity index (χ1n) is 8.78. The molecule has 142 valence electrons. The maximum atomic E-state index is 9.17. The first-order chi connectivity index (χ1) is 11.8. The minimum Gasteiger partial charge on any atom is -0.454 e. The number of hydrogen-bond donors (Lipinski definition) is 3. The molecule has 0 fully saturated rings. The van der Waals surface area contributed by atoms with Crippen molar-refractivity contribution in [2.75, 3.05) is 26.5 Å². The summed E-state index contributed by atoms with van der Waals surface area (Å²) in [6, 6.07) is 5.90. The van der Waals surface area contributed by atoms with Crippen LogP contribution in [0.15, 0.2) is 23.2 Å². The van der Waals surface area contributed by atoms with Crippen molar-refractivity contribution >= 4 is 29.9 Å². The summed E-state index contributed by atoms with van der Waals surface area (Å²) in [7, 11) is 0. The first-order valence-corrected chi connectivity index (χ1v) is 8.78. The Kier molecular flexibility index (Phi) is 10.6. The third-order valence-electron chi connectivity index (χ3n) is 3.99. The van der Waals surface area contributed by atoms with Crippen LogP contribution in [-0.4, -0.2) is 37.6 Å². The van der Waals surface area contributed by atoms with Crippen LogP contribution >= 0.6 is 24.0 Å². The van der Waals surface area contributed by atoms with Gasteiger partial charge >= 0.3 is 0 Å². The fourth-order valence-electron chi connectivity index (χ4n) is 2.73. The number of aliphatic imine (C=N–C) groups is 1. The fourth-order valence-corrected chi connectivity index (χ4v) is 2.73. The van der Waals surface area contributed by atoms with Gasteiger partial charge in [0.1, 0.15) is 0 Å². The van der Waals surface area contributed by atoms with Crippen LogP contribution in [0.25, 0.3) is 0 Å². The predicted molar refractivity (Wildman–Crippen MR) is 111 cm³/mol. The van der Waals surface area contributed by atoms with Crippen LogP contribution in [0.3, 0.4) is 0 Å². The summed E-state index contributed by atoms with van der Waals surface area (Å²) in [5.41, 5.74) is 1.08. The van der Waals surface area contributed by atoms with Crippen molar-refractivity contribution in [3.63, 3.8) is 0 Å². The minimum atomic E-state index is 0. The van der Waals surface area contributed by atoms with Crippen LogP contribution in [0, 0.1) is 5.92 Å². The molecule has 25 heavy (non-hydrogen) atoms. The van der Waals surface area contributed by atoms with E-state index in [1.807, 2.05) is 18.2 Å². The van der Waals surface area contributed by atoms with Crippen molar-refractivity contribution in [3.05, 3.63) is 23.8 Å². The van der Waals surface area contributed by atoms with Gasteiger partial charge in [-0.1, -0.05) is 19.4 Å². The smallest absolute Gasteiger partial charge is 0.231 e. The van der Waals surface area contributed by atoms with Gasteiger partial charge in [0.05, 0.1) is 6.54 Å². The number of aliphatic hydroxyl groups excluding tert-OH is 1. The van der Waals surface area contributed by atoms with E-state index in [1.165, 1.54) is 0 Å². The highest BCUT2D eigenvalue weighted by molar-refractivity contribution is 14.0. The van der Waals surface area contributed by atoms with Gasteiger partial charge in [-0.05, 0) is 43.4 Å². The van der Waals surface area contributed by atoms with Gasteiger partial charge in [0, 0.05) is 19.7 Å². The molecule has 1 aliphatic rings. The highest BCUT2D eigenvalue weighted by atomic mass is 127. The Labute approximate surface area is 167 Å². The van der Waals surface area contributed by atoms with Crippen molar-refractivity contribution in [2.45, 2.75) is 39.7 Å². The number of halogens is 1. The lowest BCUT2D eigenvalue weighted by Gasteiger charge is -2.18. The number of rotatable bonds is 9. The van der Waals surface area contributed by atoms with E-state index < -0.39 is 0 Å². The molecule has 6 nitrogen and oxygen atoms in total. The molecular weight excluding hydrogens is 433 g/mol. The Morgan fingerprint density at radius 3 is 2.72 bits per heavy atom. The van der Waals surface area contributed by atoms with Crippen LogP contribution < -0.4 is 20.1 Å². The monoisotopic (exact) mass is 463 g/mol. The number of nitrogens with zero attached hydrogens (tertiary/aromatic N) is 1. The molecule has 1 aliphatic heterocycles. The number of nitrogens with one attached hydrogen (secondary N) is 2. The van der Waals surface area contributed by atoms with Gasteiger partial charge in [-0.15, -0.1) is 24.0 Å². The maximum absolute atomic E-state index is 9.17. The fraction of sp³-hybridized carbons (Fsp3) is 0.611. The van der Waals surface area contributed by atoms with Gasteiger partial charge in [-0.2, -0.15) is 0 Å². The van der Waals surface area contributed by atoms with Crippen LogP contribution in [0.4, 0.5) is 0 Å². The Hall–Kier alpha value is -1.22. The predicted octanol–water partition coefficient (Wildman–Crippen LogP) is 2.89. The highest BCUT2D eigenvalue weighted by Crippen LogP contribution is 2.32. The van der Waals surface area contributed by atoms with Crippen molar-refractivity contribution in [3.8, 4) is 11.5 Å². The van der Waals surface area contributed by atoms with Crippen LogP contribution in [-0.2, 0) is 6.54 Å². The maximum Gasteiger partial charge on any atom is 0.231 e. The second-order valence-electron chi connectivity index (χ2n) is 5.93. The lowest BCUT2D eigenvalue weighted by molar-refractivity contribution is 0.174. The molecule has 0 saturated heterocycles. The molecule has 1 aromatic rings. The molecule has 7 heteroatoms. The van der Waals surface area contributed by atoms with Crippen molar-refractivity contribution < 1.29 is 14.6 Å². The Morgan fingerprint density at radius 1 is 1.20 bits per heavy atom. The summed E-state index contributed by atoms with van der Waals surface area (Å²) in [6.45, 7) is 6.95. The zero-order chi connectivity index (χ0) is 17.2. The van der Waals surface area contributed by atoms with E-state index in [4.69, 9.17) is 14.6 Å². The quantitative estimate of drug-likeness (QED) is 0.299. The summed E-state index contributed by atoms with van der Waals surface area (Å²) in [4.78, 5) is 4.64. The average molecular weight is 463 g/mol. The number of guanidine groups is 1. The highest BCUT2D eigenvalue weighted by Gasteiger charge is 2.13. The second-order valence-corrected chi connectivity index (χ2v) is 5.93. The Balaban J connectivity index is 0.00000312. The van der Waals surface area contributed by atoms with Gasteiger partial charge in [0.15, 0.2) is 17.5 Å². The molecule has 2 rings (SSSR count). The van der Waals surface area contributed by atoms with Crippen molar-refractivity contribution in [2.24, 2.45) is 10.9 Å². The summed E-state index contributed by atoms with van der Waals surface area (Å²) in [5.74, 6) is 2.84. The van der Waals surface area contributed by atoms with E-state index in [-0.39, 0.29) is 37.4 Å². The normalized spacial score (nSPS) is 14.0. The SMILES string of the molecule is CCCC(CCO)CNC(=NCc1ccc2c(c1)OCO2)NCC.I. The summed E-state index contributed by atoms with van der Waals surface area (Å²) in [5, 5.41) is 15.8. The number of hydrogen-bond acceptors (Lipinski definition) is 4. The second kappa shape index (κ2) is 12.2. The summed E-state index contributed by atoms with van der Waals surface area (Å²) in [6.07, 6.45) is 3.05. The van der Waals surface area contributed by atoms with Crippen molar-refractivity contribution in [1.82, 2.24) is 10.6 Å². The number of aliphatic hydroxyl groups is 1. The van der Waals surface area contributed by atoms with E-state index >= 15 is 0 Å². The standard InChI is InChI=1S/C18H29N3O3.HI/c1-3-5-14(8-9-22)11-20-18(19-4-2)21-12-15-6-7-16-17(10-15)24-13-23-16;/h6-7,10,14,22H,3-5,8-9,11-13H2,1-2H3,(H2,19,20,21);1H. The van der Waals surface area contributed by atoms with E-state index in [1.54, 1.807) is 0 Å². The van der Waals surface area contributed by atoms with Crippen LogP contribution in [0.2, 0.25) is 0 Å². The molecule has 0 amide bonds. The molecule has 1 unspecified atom stereocenters. The Morgan fingerprint density at radius 2 is 2.00 bits per heavy atom. The van der Waals surface area contributed by atoms with Gasteiger partial charge < -0.3 is 25.2 Å². The van der Waals surface area contributed by atoms with Gasteiger partial charge in [-0.25, -0.2) is 4.99 Å². The van der Waals surface area contributed by atoms with Gasteiger partial charge in [0.25, 0.3) is 0 Å². The molecule has 0 radical (unpaired) electrons. The summed E-state index contributed by atoms with van der Waals surface area (Å²) < 4.78 is 10.7. The topological polar surface area (TPSA) is 75.1 Å². The van der Waals surface area contributed by atoms with E-state index in [2.05, 4.69) is 29.5 Å².